The maximum absolute atomic E-state index is 13.9. The predicted octanol–water partition coefficient (Wildman–Crippen LogP) is 6.28. The average Bonchev–Trinajstić information content (AvgIpc) is 3.36. The van der Waals surface area contributed by atoms with Crippen LogP contribution in [0.4, 0.5) is 17.1 Å². The zero-order chi connectivity index (χ0) is 27.1. The third-order valence-corrected chi connectivity index (χ3v) is 7.78. The van der Waals surface area contributed by atoms with E-state index >= 15 is 0 Å². The van der Waals surface area contributed by atoms with Gasteiger partial charge in [0.05, 0.1) is 28.1 Å². The number of para-hydroxylation sites is 1. The number of carbonyl (C=O) groups is 2. The second-order valence-corrected chi connectivity index (χ2v) is 10.9. The molecule has 0 saturated carbocycles. The SMILES string of the molecule is CC1=NN(c2ccc(Br)cc2)C(=O)C1C(c1ccccc1[N+](=O)[O-])C1C(=O)N(c2ccc(Br)cc2)N=C1C. The van der Waals surface area contributed by atoms with E-state index < -0.39 is 22.7 Å². The van der Waals surface area contributed by atoms with E-state index in [0.717, 1.165) is 8.95 Å². The molecule has 0 bridgehead atoms. The summed E-state index contributed by atoms with van der Waals surface area (Å²) in [5, 5.41) is 23.7. The van der Waals surface area contributed by atoms with Gasteiger partial charge in [0.2, 0.25) is 0 Å². The molecule has 2 amide bonds. The molecule has 5 rings (SSSR count). The summed E-state index contributed by atoms with van der Waals surface area (Å²) >= 11 is 6.79. The van der Waals surface area contributed by atoms with Gasteiger partial charge in [-0.3, -0.25) is 19.7 Å². The van der Waals surface area contributed by atoms with Crippen LogP contribution in [-0.4, -0.2) is 28.2 Å². The predicted molar refractivity (Wildman–Crippen MR) is 152 cm³/mol. The number of benzene rings is 3. The second-order valence-electron chi connectivity index (χ2n) is 9.03. The molecule has 9 nitrogen and oxygen atoms in total. The summed E-state index contributed by atoms with van der Waals surface area (Å²) in [4.78, 5) is 39.4. The fourth-order valence-electron chi connectivity index (χ4n) is 5.01. The van der Waals surface area contributed by atoms with E-state index in [1.165, 1.54) is 16.1 Å². The lowest BCUT2D eigenvalue weighted by molar-refractivity contribution is -0.385. The Morgan fingerprint density at radius 1 is 0.763 bits per heavy atom. The van der Waals surface area contributed by atoms with Crippen molar-refractivity contribution in [3.63, 3.8) is 0 Å². The number of halogens is 2. The number of nitrogens with zero attached hydrogens (tertiary/aromatic N) is 5. The molecule has 0 fully saturated rings. The third-order valence-electron chi connectivity index (χ3n) is 6.72. The molecule has 0 radical (unpaired) electrons. The zero-order valence-corrected chi connectivity index (χ0v) is 23.5. The Hall–Kier alpha value is -3.70. The van der Waals surface area contributed by atoms with Crippen LogP contribution in [0.3, 0.4) is 0 Å². The average molecular weight is 639 g/mol. The number of carbonyl (C=O) groups excluding carboxylic acids is 2. The number of nitro groups is 1. The minimum atomic E-state index is -0.913. The quantitative estimate of drug-likeness (QED) is 0.234. The van der Waals surface area contributed by atoms with Crippen LogP contribution < -0.4 is 10.0 Å². The van der Waals surface area contributed by atoms with Crippen molar-refractivity contribution in [2.75, 3.05) is 10.0 Å². The van der Waals surface area contributed by atoms with E-state index in [-0.39, 0.29) is 23.1 Å². The van der Waals surface area contributed by atoms with Crippen LogP contribution in [0.2, 0.25) is 0 Å². The third kappa shape index (κ3) is 4.56. The number of nitro benzene ring substituents is 1. The normalized spacial score (nSPS) is 20.0. The van der Waals surface area contributed by atoms with Crippen LogP contribution in [0.25, 0.3) is 0 Å². The van der Waals surface area contributed by atoms with Crippen LogP contribution in [0.5, 0.6) is 0 Å². The summed E-state index contributed by atoms with van der Waals surface area (Å²) in [5.41, 5.74) is 2.16. The molecule has 2 heterocycles. The van der Waals surface area contributed by atoms with Gasteiger partial charge in [-0.2, -0.15) is 10.2 Å². The molecule has 2 aliphatic heterocycles. The van der Waals surface area contributed by atoms with Gasteiger partial charge in [-0.25, -0.2) is 10.0 Å². The van der Waals surface area contributed by atoms with Crippen LogP contribution in [-0.2, 0) is 9.59 Å². The lowest BCUT2D eigenvalue weighted by atomic mass is 9.72. The second kappa shape index (κ2) is 10.2. The molecule has 2 unspecified atom stereocenters. The lowest BCUT2D eigenvalue weighted by Gasteiger charge is -2.28. The van der Waals surface area contributed by atoms with Crippen LogP contribution in [0.1, 0.15) is 25.3 Å². The molecule has 3 aromatic rings. The van der Waals surface area contributed by atoms with Crippen LogP contribution in [0, 0.1) is 22.0 Å². The number of anilines is 2. The van der Waals surface area contributed by atoms with Gasteiger partial charge in [0.15, 0.2) is 0 Å². The Labute approximate surface area is 235 Å². The van der Waals surface area contributed by atoms with Crippen molar-refractivity contribution in [1.82, 2.24) is 0 Å². The standard InChI is InChI=1S/C27H21Br2N5O4/c1-15-23(26(35)32(30-15)19-11-7-17(28)8-12-19)25(21-5-3-4-6-22(21)34(37)38)24-16(2)31-33(27(24)36)20-13-9-18(29)10-14-20/h3-14,23-25H,1-2H3. The minimum Gasteiger partial charge on any atom is -0.272 e. The van der Waals surface area contributed by atoms with Crippen molar-refractivity contribution >= 4 is 72.2 Å². The highest BCUT2D eigenvalue weighted by atomic mass is 79.9. The summed E-state index contributed by atoms with van der Waals surface area (Å²) in [6.07, 6.45) is 0. The molecular weight excluding hydrogens is 618 g/mol. The first-order chi connectivity index (χ1) is 18.2. The molecule has 192 valence electrons. The molecule has 11 heteroatoms. The molecule has 0 saturated heterocycles. The molecule has 38 heavy (non-hydrogen) atoms. The van der Waals surface area contributed by atoms with E-state index in [0.29, 0.717) is 22.8 Å². The van der Waals surface area contributed by atoms with Crippen LogP contribution >= 0.6 is 31.9 Å². The maximum Gasteiger partial charge on any atom is 0.272 e. The Kier molecular flexibility index (Phi) is 6.97. The maximum atomic E-state index is 13.9. The van der Waals surface area contributed by atoms with Gasteiger partial charge in [-0.1, -0.05) is 50.1 Å². The first-order valence-electron chi connectivity index (χ1n) is 11.7. The number of hydrogen-bond acceptors (Lipinski definition) is 6. The van der Waals surface area contributed by atoms with E-state index in [2.05, 4.69) is 42.1 Å². The van der Waals surface area contributed by atoms with Crippen molar-refractivity contribution in [2.24, 2.45) is 22.0 Å². The van der Waals surface area contributed by atoms with Crippen molar-refractivity contribution < 1.29 is 14.5 Å². The number of amides is 2. The molecule has 2 atom stereocenters. The van der Waals surface area contributed by atoms with Crippen molar-refractivity contribution in [3.05, 3.63) is 97.4 Å². The highest BCUT2D eigenvalue weighted by Crippen LogP contribution is 2.45. The molecule has 3 aromatic carbocycles. The molecule has 0 aliphatic carbocycles. The van der Waals surface area contributed by atoms with Crippen molar-refractivity contribution in [3.8, 4) is 0 Å². The van der Waals surface area contributed by atoms with E-state index in [4.69, 9.17) is 0 Å². The Morgan fingerprint density at radius 3 is 1.61 bits per heavy atom. The van der Waals surface area contributed by atoms with Crippen molar-refractivity contribution in [1.29, 1.82) is 0 Å². The Balaban J connectivity index is 1.61. The summed E-state index contributed by atoms with van der Waals surface area (Å²) in [7, 11) is 0. The summed E-state index contributed by atoms with van der Waals surface area (Å²) in [5.74, 6) is -3.45. The van der Waals surface area contributed by atoms with Gasteiger partial charge in [-0.05, 0) is 62.4 Å². The van der Waals surface area contributed by atoms with Crippen LogP contribution in [0.15, 0.2) is 91.9 Å². The monoisotopic (exact) mass is 637 g/mol. The summed E-state index contributed by atoms with van der Waals surface area (Å²) in [6, 6.07) is 20.4. The Bertz CT molecular complexity index is 1420. The molecular formula is C27H21Br2N5O4. The van der Waals surface area contributed by atoms with Crippen molar-refractivity contribution in [2.45, 2.75) is 19.8 Å². The first kappa shape index (κ1) is 25.9. The lowest BCUT2D eigenvalue weighted by Crippen LogP contribution is -2.40. The smallest absolute Gasteiger partial charge is 0.272 e. The van der Waals surface area contributed by atoms with E-state index in [9.17, 15) is 19.7 Å². The van der Waals surface area contributed by atoms with Gasteiger partial charge in [-0.15, -0.1) is 0 Å². The fraction of sp³-hybridized carbons (Fsp3) is 0.185. The minimum absolute atomic E-state index is 0.164. The number of hydrazone groups is 2. The van der Waals surface area contributed by atoms with Gasteiger partial charge in [0.25, 0.3) is 17.5 Å². The topological polar surface area (TPSA) is 108 Å². The van der Waals surface area contributed by atoms with E-state index in [1.807, 2.05) is 0 Å². The largest absolute Gasteiger partial charge is 0.272 e. The van der Waals surface area contributed by atoms with Gasteiger partial charge >= 0.3 is 0 Å². The van der Waals surface area contributed by atoms with Gasteiger partial charge < -0.3 is 0 Å². The zero-order valence-electron chi connectivity index (χ0n) is 20.3. The molecule has 0 spiro atoms. The number of rotatable bonds is 6. The summed E-state index contributed by atoms with van der Waals surface area (Å²) < 4.78 is 1.69. The summed E-state index contributed by atoms with van der Waals surface area (Å²) in [6.45, 7) is 3.42. The first-order valence-corrected chi connectivity index (χ1v) is 13.3. The van der Waals surface area contributed by atoms with Gasteiger partial charge in [0.1, 0.15) is 0 Å². The van der Waals surface area contributed by atoms with E-state index in [1.54, 1.807) is 80.6 Å². The highest BCUT2D eigenvalue weighted by molar-refractivity contribution is 9.10. The molecule has 2 aliphatic rings. The highest BCUT2D eigenvalue weighted by Gasteiger charge is 2.51. The fourth-order valence-corrected chi connectivity index (χ4v) is 5.54. The number of hydrogen-bond donors (Lipinski definition) is 0. The molecule has 0 N–H and O–H groups in total. The van der Waals surface area contributed by atoms with Gasteiger partial charge in [0, 0.05) is 37.9 Å². The Morgan fingerprint density at radius 2 is 1.18 bits per heavy atom. The molecule has 0 aromatic heterocycles.